The molecular formula is C13H20N2O2S. The topological polar surface area (TPSA) is 72.2 Å². The highest BCUT2D eigenvalue weighted by atomic mass is 32.2. The Bertz CT molecular complexity index is 548. The molecule has 1 fully saturated rings. The SMILES string of the molecule is Cc1c(N)ccc(NCC2CC2)c1CS(C)(=O)=O. The summed E-state index contributed by atoms with van der Waals surface area (Å²) in [6.45, 7) is 2.79. The first-order valence-electron chi connectivity index (χ1n) is 6.16. The first-order valence-corrected chi connectivity index (χ1v) is 8.22. The molecule has 1 aromatic rings. The lowest BCUT2D eigenvalue weighted by Crippen LogP contribution is -2.11. The molecule has 0 spiro atoms. The third-order valence-corrected chi connectivity index (χ3v) is 4.14. The Hall–Kier alpha value is -1.23. The molecule has 3 N–H and O–H groups in total. The number of sulfone groups is 1. The quantitative estimate of drug-likeness (QED) is 0.801. The molecule has 0 aliphatic heterocycles. The monoisotopic (exact) mass is 268 g/mol. The zero-order valence-electron chi connectivity index (χ0n) is 10.9. The second-order valence-electron chi connectivity index (χ2n) is 5.20. The molecule has 100 valence electrons. The molecule has 0 unspecified atom stereocenters. The molecular weight excluding hydrogens is 248 g/mol. The Kier molecular flexibility index (Phi) is 3.52. The van der Waals surface area contributed by atoms with Crippen molar-refractivity contribution in [3.05, 3.63) is 23.3 Å². The lowest BCUT2D eigenvalue weighted by Gasteiger charge is -2.15. The summed E-state index contributed by atoms with van der Waals surface area (Å²) in [4.78, 5) is 0. The van der Waals surface area contributed by atoms with Gasteiger partial charge in [-0.25, -0.2) is 8.42 Å². The van der Waals surface area contributed by atoms with Gasteiger partial charge in [-0.3, -0.25) is 0 Å². The minimum atomic E-state index is -3.06. The number of anilines is 2. The van der Waals surface area contributed by atoms with Gasteiger partial charge in [-0.05, 0) is 48.9 Å². The average molecular weight is 268 g/mol. The van der Waals surface area contributed by atoms with Crippen molar-refractivity contribution in [3.8, 4) is 0 Å². The largest absolute Gasteiger partial charge is 0.399 e. The van der Waals surface area contributed by atoms with Gasteiger partial charge in [-0.2, -0.15) is 0 Å². The Labute approximate surface area is 108 Å². The van der Waals surface area contributed by atoms with Crippen LogP contribution in [0.15, 0.2) is 12.1 Å². The van der Waals surface area contributed by atoms with Crippen LogP contribution in [0, 0.1) is 12.8 Å². The Morgan fingerprint density at radius 3 is 2.61 bits per heavy atom. The summed E-state index contributed by atoms with van der Waals surface area (Å²) in [7, 11) is -3.06. The van der Waals surface area contributed by atoms with Crippen LogP contribution in [-0.4, -0.2) is 21.2 Å². The highest BCUT2D eigenvalue weighted by molar-refractivity contribution is 7.89. The number of nitrogens with one attached hydrogen (secondary N) is 1. The van der Waals surface area contributed by atoms with Gasteiger partial charge in [0.05, 0.1) is 5.75 Å². The summed E-state index contributed by atoms with van der Waals surface area (Å²) in [5.41, 5.74) is 9.07. The summed E-state index contributed by atoms with van der Waals surface area (Å²) in [5, 5.41) is 3.35. The van der Waals surface area contributed by atoms with E-state index in [4.69, 9.17) is 5.73 Å². The summed E-state index contributed by atoms with van der Waals surface area (Å²) in [6.07, 6.45) is 3.78. The number of nitrogens with two attached hydrogens (primary N) is 1. The lowest BCUT2D eigenvalue weighted by atomic mass is 10.1. The first kappa shape index (κ1) is 13.2. The third kappa shape index (κ3) is 3.38. The van der Waals surface area contributed by atoms with Crippen molar-refractivity contribution in [2.45, 2.75) is 25.5 Å². The summed E-state index contributed by atoms with van der Waals surface area (Å²) < 4.78 is 23.0. The number of nitrogen functional groups attached to an aromatic ring is 1. The van der Waals surface area contributed by atoms with E-state index in [1.165, 1.54) is 19.1 Å². The normalized spacial score (nSPS) is 15.7. The molecule has 0 atom stereocenters. The van der Waals surface area contributed by atoms with Gasteiger partial charge in [-0.15, -0.1) is 0 Å². The standard InChI is InChI=1S/C13H20N2O2S/c1-9-11(8-18(2,16)17)13(6-5-12(9)14)15-7-10-3-4-10/h5-6,10,15H,3-4,7-8,14H2,1-2H3. The lowest BCUT2D eigenvalue weighted by molar-refractivity contribution is 0.601. The van der Waals surface area contributed by atoms with E-state index >= 15 is 0 Å². The number of hydrogen-bond donors (Lipinski definition) is 2. The van der Waals surface area contributed by atoms with E-state index in [0.29, 0.717) is 5.69 Å². The molecule has 0 amide bonds. The molecule has 0 bridgehead atoms. The van der Waals surface area contributed by atoms with Crippen LogP contribution < -0.4 is 11.1 Å². The highest BCUT2D eigenvalue weighted by Gasteiger charge is 2.21. The van der Waals surface area contributed by atoms with Crippen LogP contribution in [0.1, 0.15) is 24.0 Å². The Balaban J connectivity index is 2.28. The molecule has 18 heavy (non-hydrogen) atoms. The van der Waals surface area contributed by atoms with Crippen LogP contribution in [0.2, 0.25) is 0 Å². The van der Waals surface area contributed by atoms with E-state index in [1.807, 2.05) is 19.1 Å². The third-order valence-electron chi connectivity index (χ3n) is 3.32. The number of rotatable bonds is 5. The molecule has 0 saturated heterocycles. The molecule has 1 saturated carbocycles. The van der Waals surface area contributed by atoms with Crippen molar-refractivity contribution in [1.29, 1.82) is 0 Å². The number of hydrogen-bond acceptors (Lipinski definition) is 4. The van der Waals surface area contributed by atoms with Crippen LogP contribution in [0.3, 0.4) is 0 Å². The molecule has 1 aliphatic carbocycles. The van der Waals surface area contributed by atoms with Crippen molar-refractivity contribution in [2.24, 2.45) is 5.92 Å². The van der Waals surface area contributed by atoms with Crippen molar-refractivity contribution in [2.75, 3.05) is 23.9 Å². The van der Waals surface area contributed by atoms with Gasteiger partial charge in [-0.1, -0.05) is 0 Å². The average Bonchev–Trinajstić information content (AvgIpc) is 3.06. The Morgan fingerprint density at radius 1 is 1.39 bits per heavy atom. The zero-order chi connectivity index (χ0) is 13.3. The van der Waals surface area contributed by atoms with E-state index in [0.717, 1.165) is 29.3 Å². The second kappa shape index (κ2) is 4.80. The predicted octanol–water partition coefficient (Wildman–Crippen LogP) is 1.94. The molecule has 0 heterocycles. The van der Waals surface area contributed by atoms with E-state index in [-0.39, 0.29) is 5.75 Å². The van der Waals surface area contributed by atoms with Crippen LogP contribution >= 0.6 is 0 Å². The van der Waals surface area contributed by atoms with Gasteiger partial charge in [0, 0.05) is 24.2 Å². The van der Waals surface area contributed by atoms with Crippen molar-refractivity contribution in [3.63, 3.8) is 0 Å². The fraction of sp³-hybridized carbons (Fsp3) is 0.538. The van der Waals surface area contributed by atoms with Gasteiger partial charge in [0.2, 0.25) is 0 Å². The van der Waals surface area contributed by atoms with Crippen molar-refractivity contribution < 1.29 is 8.42 Å². The maximum atomic E-state index is 11.5. The molecule has 2 rings (SSSR count). The molecule has 5 heteroatoms. The van der Waals surface area contributed by atoms with E-state index in [1.54, 1.807) is 0 Å². The maximum absolute atomic E-state index is 11.5. The minimum absolute atomic E-state index is 0.0386. The van der Waals surface area contributed by atoms with Gasteiger partial charge >= 0.3 is 0 Å². The fourth-order valence-electron chi connectivity index (χ4n) is 1.97. The van der Waals surface area contributed by atoms with Gasteiger partial charge < -0.3 is 11.1 Å². The molecule has 0 aromatic heterocycles. The zero-order valence-corrected chi connectivity index (χ0v) is 11.7. The summed E-state index contributed by atoms with van der Waals surface area (Å²) >= 11 is 0. The Morgan fingerprint density at radius 2 is 2.06 bits per heavy atom. The molecule has 1 aromatic carbocycles. The fourth-order valence-corrected chi connectivity index (χ4v) is 2.86. The predicted molar refractivity (Wildman–Crippen MR) is 75.4 cm³/mol. The van der Waals surface area contributed by atoms with E-state index in [2.05, 4.69) is 5.32 Å². The van der Waals surface area contributed by atoms with Crippen LogP contribution in [0.5, 0.6) is 0 Å². The molecule has 0 radical (unpaired) electrons. The molecule has 1 aliphatic rings. The van der Waals surface area contributed by atoms with E-state index in [9.17, 15) is 8.42 Å². The van der Waals surface area contributed by atoms with Crippen LogP contribution in [0.4, 0.5) is 11.4 Å². The van der Waals surface area contributed by atoms with Crippen LogP contribution in [-0.2, 0) is 15.6 Å². The van der Waals surface area contributed by atoms with Crippen LogP contribution in [0.25, 0.3) is 0 Å². The van der Waals surface area contributed by atoms with E-state index < -0.39 is 9.84 Å². The van der Waals surface area contributed by atoms with Gasteiger partial charge in [0.1, 0.15) is 0 Å². The summed E-state index contributed by atoms with van der Waals surface area (Å²) in [5.74, 6) is 0.783. The first-order chi connectivity index (χ1) is 8.37. The minimum Gasteiger partial charge on any atom is -0.399 e. The van der Waals surface area contributed by atoms with Crippen molar-refractivity contribution >= 4 is 21.2 Å². The van der Waals surface area contributed by atoms with Gasteiger partial charge in [0.15, 0.2) is 9.84 Å². The highest BCUT2D eigenvalue weighted by Crippen LogP contribution is 2.31. The van der Waals surface area contributed by atoms with Crippen molar-refractivity contribution in [1.82, 2.24) is 0 Å². The smallest absolute Gasteiger partial charge is 0.151 e. The second-order valence-corrected chi connectivity index (χ2v) is 7.34. The number of benzene rings is 1. The maximum Gasteiger partial charge on any atom is 0.151 e. The van der Waals surface area contributed by atoms with Gasteiger partial charge in [0.25, 0.3) is 0 Å². The molecule has 4 nitrogen and oxygen atoms in total. The summed E-state index contributed by atoms with van der Waals surface area (Å²) in [6, 6.07) is 3.71.